The van der Waals surface area contributed by atoms with Gasteiger partial charge in [0.25, 0.3) is 0 Å². The molecule has 20 heavy (non-hydrogen) atoms. The lowest BCUT2D eigenvalue weighted by atomic mass is 10.1. The monoisotopic (exact) mass is 272 g/mol. The van der Waals surface area contributed by atoms with Crippen LogP contribution >= 0.6 is 0 Å². The summed E-state index contributed by atoms with van der Waals surface area (Å²) in [4.78, 5) is 9.33. The van der Waals surface area contributed by atoms with Crippen molar-refractivity contribution < 1.29 is 4.74 Å². The van der Waals surface area contributed by atoms with Gasteiger partial charge in [-0.3, -0.25) is 0 Å². The number of methoxy groups -OCH3 is 1. The van der Waals surface area contributed by atoms with E-state index in [0.29, 0.717) is 12.4 Å². The van der Waals surface area contributed by atoms with E-state index in [2.05, 4.69) is 10.3 Å². The molecule has 5 nitrogen and oxygen atoms in total. The number of benzene rings is 1. The van der Waals surface area contributed by atoms with Gasteiger partial charge in [-0.15, -0.1) is 0 Å². The standard InChI is InChI=1S/C15H20N4O/c1-20-12-7-3-2-6-11(12)10-13-17-14(16)19-15(18-13)8-4-5-9-15/h2-3,6-7H,4-5,8-10H2,1H3,(H3,16,17,18,19). The van der Waals surface area contributed by atoms with Crippen LogP contribution in [0.4, 0.5) is 0 Å². The van der Waals surface area contributed by atoms with Crippen LogP contribution in [0.15, 0.2) is 34.3 Å². The molecule has 3 rings (SSSR count). The molecule has 3 N–H and O–H groups in total. The number of rotatable bonds is 3. The number of nitrogens with one attached hydrogen (secondary N) is 1. The van der Waals surface area contributed by atoms with Crippen molar-refractivity contribution in [3.8, 4) is 5.75 Å². The topological polar surface area (TPSA) is 72.0 Å². The Morgan fingerprint density at radius 1 is 1.25 bits per heavy atom. The predicted molar refractivity (Wildman–Crippen MR) is 80.1 cm³/mol. The highest BCUT2D eigenvalue weighted by Gasteiger charge is 2.36. The molecule has 0 aromatic heterocycles. The van der Waals surface area contributed by atoms with Crippen molar-refractivity contribution >= 4 is 11.8 Å². The van der Waals surface area contributed by atoms with Crippen molar-refractivity contribution in [2.45, 2.75) is 37.8 Å². The maximum absolute atomic E-state index is 5.93. The van der Waals surface area contributed by atoms with Crippen molar-refractivity contribution in [1.82, 2.24) is 5.32 Å². The largest absolute Gasteiger partial charge is 0.496 e. The van der Waals surface area contributed by atoms with Crippen molar-refractivity contribution in [3.05, 3.63) is 29.8 Å². The second kappa shape index (κ2) is 5.15. The zero-order chi connectivity index (χ0) is 14.0. The Hall–Kier alpha value is -2.04. The summed E-state index contributed by atoms with van der Waals surface area (Å²) in [6.07, 6.45) is 5.00. The molecule has 1 aliphatic heterocycles. The Balaban J connectivity index is 1.85. The molecule has 5 heteroatoms. The zero-order valence-electron chi connectivity index (χ0n) is 11.7. The molecule has 1 aliphatic carbocycles. The van der Waals surface area contributed by atoms with E-state index in [1.807, 2.05) is 24.3 Å². The summed E-state index contributed by atoms with van der Waals surface area (Å²) >= 11 is 0. The first-order valence-electron chi connectivity index (χ1n) is 7.04. The van der Waals surface area contributed by atoms with Gasteiger partial charge in [0.15, 0.2) is 11.6 Å². The molecule has 0 bridgehead atoms. The molecule has 2 aliphatic rings. The van der Waals surface area contributed by atoms with Crippen LogP contribution < -0.4 is 15.8 Å². The molecule has 106 valence electrons. The van der Waals surface area contributed by atoms with Crippen molar-refractivity contribution in [2.75, 3.05) is 7.11 Å². The van der Waals surface area contributed by atoms with Gasteiger partial charge in [-0.25, -0.2) is 9.98 Å². The average molecular weight is 272 g/mol. The number of hydrogen-bond acceptors (Lipinski definition) is 5. The summed E-state index contributed by atoms with van der Waals surface area (Å²) in [6.45, 7) is 0. The van der Waals surface area contributed by atoms with E-state index < -0.39 is 0 Å². The first-order chi connectivity index (χ1) is 9.71. The molecule has 0 amide bonds. The Kier molecular flexibility index (Phi) is 3.34. The van der Waals surface area contributed by atoms with Crippen molar-refractivity contribution in [2.24, 2.45) is 15.7 Å². The van der Waals surface area contributed by atoms with Crippen LogP contribution in [0.1, 0.15) is 31.2 Å². The highest BCUT2D eigenvalue weighted by Crippen LogP contribution is 2.36. The lowest BCUT2D eigenvalue weighted by molar-refractivity contribution is 0.410. The SMILES string of the molecule is COc1ccccc1CC1=NC2(CCCC2)N=C(N)N1. The molecule has 0 unspecified atom stereocenters. The molecule has 1 heterocycles. The number of nitrogens with two attached hydrogens (primary N) is 1. The Bertz CT molecular complexity index is 559. The van der Waals surface area contributed by atoms with Crippen LogP contribution in [-0.2, 0) is 6.42 Å². The number of amidine groups is 1. The van der Waals surface area contributed by atoms with Gasteiger partial charge in [-0.05, 0) is 31.7 Å². The third-order valence-electron chi connectivity index (χ3n) is 3.90. The summed E-state index contributed by atoms with van der Waals surface area (Å²) in [5, 5.41) is 3.09. The van der Waals surface area contributed by atoms with Gasteiger partial charge in [0.2, 0.25) is 0 Å². The minimum Gasteiger partial charge on any atom is -0.496 e. The lowest BCUT2D eigenvalue weighted by Gasteiger charge is -2.27. The van der Waals surface area contributed by atoms with Crippen molar-refractivity contribution in [1.29, 1.82) is 0 Å². The first-order valence-corrected chi connectivity index (χ1v) is 7.04. The number of nitrogens with zero attached hydrogens (tertiary/aromatic N) is 2. The smallest absolute Gasteiger partial charge is 0.196 e. The van der Waals surface area contributed by atoms with Gasteiger partial charge in [-0.1, -0.05) is 18.2 Å². The van der Waals surface area contributed by atoms with E-state index in [9.17, 15) is 0 Å². The van der Waals surface area contributed by atoms with Crippen molar-refractivity contribution in [3.63, 3.8) is 0 Å². The van der Waals surface area contributed by atoms with Crippen LogP contribution in [-0.4, -0.2) is 24.6 Å². The summed E-state index contributed by atoms with van der Waals surface area (Å²) in [6, 6.07) is 7.98. The molecular formula is C15H20N4O. The molecular weight excluding hydrogens is 252 g/mol. The second-order valence-electron chi connectivity index (χ2n) is 5.36. The fourth-order valence-electron chi connectivity index (χ4n) is 2.98. The van der Waals surface area contributed by atoms with Gasteiger partial charge >= 0.3 is 0 Å². The van der Waals surface area contributed by atoms with Gasteiger partial charge < -0.3 is 15.8 Å². The summed E-state index contributed by atoms with van der Waals surface area (Å²) in [5.74, 6) is 2.23. The predicted octanol–water partition coefficient (Wildman–Crippen LogP) is 1.82. The molecule has 0 radical (unpaired) electrons. The molecule has 0 atom stereocenters. The van der Waals surface area contributed by atoms with Gasteiger partial charge in [0, 0.05) is 12.0 Å². The molecule has 1 fully saturated rings. The maximum atomic E-state index is 5.93. The fraction of sp³-hybridized carbons (Fsp3) is 0.467. The lowest BCUT2D eigenvalue weighted by Crippen LogP contribution is -2.45. The van der Waals surface area contributed by atoms with Crippen LogP contribution in [0.5, 0.6) is 5.75 Å². The number of guanidine groups is 1. The van der Waals surface area contributed by atoms with Crippen LogP contribution in [0.3, 0.4) is 0 Å². The van der Waals surface area contributed by atoms with E-state index in [0.717, 1.165) is 30.0 Å². The highest BCUT2D eigenvalue weighted by atomic mass is 16.5. The highest BCUT2D eigenvalue weighted by molar-refractivity contribution is 6.01. The maximum Gasteiger partial charge on any atom is 0.196 e. The molecule has 0 saturated heterocycles. The number of para-hydroxylation sites is 1. The normalized spacial score (nSPS) is 20.2. The van der Waals surface area contributed by atoms with E-state index in [4.69, 9.17) is 15.5 Å². The molecule has 1 aromatic rings. The van der Waals surface area contributed by atoms with E-state index in [-0.39, 0.29) is 5.66 Å². The average Bonchev–Trinajstić information content (AvgIpc) is 2.86. The number of hydrogen-bond donors (Lipinski definition) is 2. The molecule has 1 spiro atoms. The van der Waals surface area contributed by atoms with E-state index in [1.165, 1.54) is 12.8 Å². The quantitative estimate of drug-likeness (QED) is 0.881. The number of aliphatic imine (C=N–C) groups is 2. The Morgan fingerprint density at radius 3 is 2.75 bits per heavy atom. The second-order valence-corrected chi connectivity index (χ2v) is 5.36. The van der Waals surface area contributed by atoms with Gasteiger partial charge in [-0.2, -0.15) is 0 Å². The zero-order valence-corrected chi connectivity index (χ0v) is 11.7. The minimum atomic E-state index is -0.313. The van der Waals surface area contributed by atoms with Gasteiger partial charge in [0.1, 0.15) is 11.6 Å². The van der Waals surface area contributed by atoms with Crippen LogP contribution in [0.25, 0.3) is 0 Å². The fourth-order valence-corrected chi connectivity index (χ4v) is 2.98. The third kappa shape index (κ3) is 2.48. The summed E-state index contributed by atoms with van der Waals surface area (Å²) in [5.41, 5.74) is 6.72. The molecule has 1 aromatic carbocycles. The summed E-state index contributed by atoms with van der Waals surface area (Å²) in [7, 11) is 1.68. The van der Waals surface area contributed by atoms with Crippen LogP contribution in [0, 0.1) is 0 Å². The Morgan fingerprint density at radius 2 is 2.00 bits per heavy atom. The number of ether oxygens (including phenoxy) is 1. The van der Waals surface area contributed by atoms with Crippen LogP contribution in [0.2, 0.25) is 0 Å². The van der Waals surface area contributed by atoms with E-state index in [1.54, 1.807) is 7.11 Å². The third-order valence-corrected chi connectivity index (χ3v) is 3.90. The summed E-state index contributed by atoms with van der Waals surface area (Å²) < 4.78 is 5.39. The minimum absolute atomic E-state index is 0.313. The van der Waals surface area contributed by atoms with E-state index >= 15 is 0 Å². The molecule has 1 saturated carbocycles. The first kappa shape index (κ1) is 13.0. The van der Waals surface area contributed by atoms with Gasteiger partial charge in [0.05, 0.1) is 7.11 Å². The Labute approximate surface area is 118 Å².